The fourth-order valence-corrected chi connectivity index (χ4v) is 6.84. The molecule has 0 bridgehead atoms. The standard InChI is InChI=1S/C46H34N4/c1-3-29-8-12-31(13-9-29)39-24-20-33-16-18-35-22-26-41(49-45(35)43(33)47-39)37-6-5-7-38(28-37)42-27-23-36-19-17-34-21-25-40(48-44(34)46(36)50-42)32-14-10-30(4-2)11-15-32/h5-28H,3-4H2,1-2H3. The molecule has 0 fully saturated rings. The third-order valence-corrected chi connectivity index (χ3v) is 9.81. The average molecular weight is 643 g/mol. The summed E-state index contributed by atoms with van der Waals surface area (Å²) in [6, 6.07) is 51.4. The van der Waals surface area contributed by atoms with Crippen LogP contribution in [-0.4, -0.2) is 19.9 Å². The van der Waals surface area contributed by atoms with E-state index in [9.17, 15) is 0 Å². The summed E-state index contributed by atoms with van der Waals surface area (Å²) in [4.78, 5) is 20.7. The Morgan fingerprint density at radius 2 is 0.620 bits per heavy atom. The normalized spacial score (nSPS) is 11.6. The highest BCUT2D eigenvalue weighted by Crippen LogP contribution is 2.32. The van der Waals surface area contributed by atoms with Gasteiger partial charge in [0.15, 0.2) is 0 Å². The quantitative estimate of drug-likeness (QED) is 0.169. The number of pyridine rings is 4. The van der Waals surface area contributed by atoms with E-state index in [0.717, 1.165) is 101 Å². The lowest BCUT2D eigenvalue weighted by atomic mass is 10.0. The minimum atomic E-state index is 0.901. The lowest BCUT2D eigenvalue weighted by Gasteiger charge is -2.10. The Morgan fingerprint density at radius 1 is 0.320 bits per heavy atom. The van der Waals surface area contributed by atoms with E-state index < -0.39 is 0 Å². The van der Waals surface area contributed by atoms with E-state index in [1.165, 1.54) is 11.1 Å². The fraction of sp³-hybridized carbons (Fsp3) is 0.0870. The molecule has 0 radical (unpaired) electrons. The number of rotatable bonds is 6. The maximum Gasteiger partial charge on any atom is 0.0972 e. The molecule has 0 aliphatic rings. The predicted octanol–water partition coefficient (Wildman–Crippen LogP) is 11.7. The van der Waals surface area contributed by atoms with Gasteiger partial charge in [0, 0.05) is 43.8 Å². The molecular formula is C46H34N4. The molecule has 0 N–H and O–H groups in total. The summed E-state index contributed by atoms with van der Waals surface area (Å²) in [6.45, 7) is 4.35. The third kappa shape index (κ3) is 5.36. The molecule has 5 aromatic carbocycles. The molecule has 9 aromatic rings. The zero-order valence-electron chi connectivity index (χ0n) is 28.1. The molecule has 0 spiro atoms. The minimum absolute atomic E-state index is 0.901. The molecule has 238 valence electrons. The molecule has 4 nitrogen and oxygen atoms in total. The van der Waals surface area contributed by atoms with E-state index in [1.54, 1.807) is 0 Å². The Morgan fingerprint density at radius 3 is 0.940 bits per heavy atom. The predicted molar refractivity (Wildman–Crippen MR) is 208 cm³/mol. The van der Waals surface area contributed by atoms with Gasteiger partial charge in [-0.2, -0.15) is 0 Å². The second-order valence-electron chi connectivity index (χ2n) is 12.9. The van der Waals surface area contributed by atoms with Crippen LogP contribution in [0.2, 0.25) is 0 Å². The Hall–Kier alpha value is -6.26. The van der Waals surface area contributed by atoms with Gasteiger partial charge in [-0.15, -0.1) is 0 Å². The summed E-state index contributed by atoms with van der Waals surface area (Å²) in [7, 11) is 0. The van der Waals surface area contributed by atoms with Crippen molar-refractivity contribution in [3.8, 4) is 45.0 Å². The van der Waals surface area contributed by atoms with Crippen molar-refractivity contribution in [1.82, 2.24) is 19.9 Å². The number of aryl methyl sites for hydroxylation is 2. The van der Waals surface area contributed by atoms with E-state index in [4.69, 9.17) is 19.9 Å². The molecule has 4 heteroatoms. The van der Waals surface area contributed by atoms with Gasteiger partial charge >= 0.3 is 0 Å². The Labute approximate surface area is 291 Å². The van der Waals surface area contributed by atoms with Gasteiger partial charge in [-0.3, -0.25) is 0 Å². The first-order chi connectivity index (χ1) is 24.6. The van der Waals surface area contributed by atoms with Crippen molar-refractivity contribution in [1.29, 1.82) is 0 Å². The molecule has 50 heavy (non-hydrogen) atoms. The van der Waals surface area contributed by atoms with Gasteiger partial charge in [0.2, 0.25) is 0 Å². The number of hydrogen-bond acceptors (Lipinski definition) is 4. The minimum Gasteiger partial charge on any atom is -0.245 e. The van der Waals surface area contributed by atoms with Crippen LogP contribution in [0.1, 0.15) is 25.0 Å². The molecule has 0 aliphatic heterocycles. The van der Waals surface area contributed by atoms with Gasteiger partial charge in [-0.05, 0) is 54.3 Å². The van der Waals surface area contributed by atoms with E-state index in [0.29, 0.717) is 0 Å². The molecule has 4 aromatic heterocycles. The number of aromatic nitrogens is 4. The van der Waals surface area contributed by atoms with Crippen LogP contribution in [0.4, 0.5) is 0 Å². The molecule has 9 rings (SSSR count). The topological polar surface area (TPSA) is 51.6 Å². The number of hydrogen-bond donors (Lipinski definition) is 0. The Kier molecular flexibility index (Phi) is 7.35. The highest BCUT2D eigenvalue weighted by molar-refractivity contribution is 6.05. The van der Waals surface area contributed by atoms with Crippen molar-refractivity contribution in [2.45, 2.75) is 26.7 Å². The number of benzene rings is 5. The SMILES string of the molecule is CCc1ccc(-c2ccc3ccc4ccc(-c5cccc(-c6ccc7ccc8ccc(-c9ccc(CC)cc9)nc8c7n6)c5)nc4c3n2)cc1. The van der Waals surface area contributed by atoms with Crippen LogP contribution in [0.25, 0.3) is 88.6 Å². The summed E-state index contributed by atoms with van der Waals surface area (Å²) >= 11 is 0. The third-order valence-electron chi connectivity index (χ3n) is 9.81. The Balaban J connectivity index is 1.11. The van der Waals surface area contributed by atoms with Crippen LogP contribution >= 0.6 is 0 Å². The molecule has 0 unspecified atom stereocenters. The first-order valence-electron chi connectivity index (χ1n) is 17.3. The van der Waals surface area contributed by atoms with Crippen LogP contribution in [0.5, 0.6) is 0 Å². The lowest BCUT2D eigenvalue weighted by Crippen LogP contribution is -1.92. The van der Waals surface area contributed by atoms with Crippen molar-refractivity contribution < 1.29 is 0 Å². The van der Waals surface area contributed by atoms with Crippen LogP contribution in [-0.2, 0) is 12.8 Å². The second kappa shape index (κ2) is 12.3. The molecule has 0 amide bonds. The van der Waals surface area contributed by atoms with Crippen molar-refractivity contribution in [3.63, 3.8) is 0 Å². The smallest absolute Gasteiger partial charge is 0.0972 e. The summed E-state index contributed by atoms with van der Waals surface area (Å²) in [5, 5.41) is 4.29. The molecule has 0 atom stereocenters. The van der Waals surface area contributed by atoms with Crippen LogP contribution < -0.4 is 0 Å². The monoisotopic (exact) mass is 642 g/mol. The molecule has 0 saturated carbocycles. The van der Waals surface area contributed by atoms with Gasteiger partial charge in [-0.25, -0.2) is 19.9 Å². The van der Waals surface area contributed by atoms with Crippen LogP contribution in [0.3, 0.4) is 0 Å². The van der Waals surface area contributed by atoms with Crippen LogP contribution in [0, 0.1) is 0 Å². The summed E-state index contributed by atoms with van der Waals surface area (Å²) < 4.78 is 0. The average Bonchev–Trinajstić information content (AvgIpc) is 3.20. The Bertz CT molecular complexity index is 2530. The summed E-state index contributed by atoms with van der Waals surface area (Å²) in [6.07, 6.45) is 2.04. The molecule has 0 saturated heterocycles. The highest BCUT2D eigenvalue weighted by Gasteiger charge is 2.12. The summed E-state index contributed by atoms with van der Waals surface area (Å²) in [5.41, 5.74) is 14.2. The van der Waals surface area contributed by atoms with Gasteiger partial charge in [0.25, 0.3) is 0 Å². The van der Waals surface area contributed by atoms with E-state index in [1.807, 2.05) is 0 Å². The van der Waals surface area contributed by atoms with Crippen molar-refractivity contribution >= 4 is 43.6 Å². The fourth-order valence-electron chi connectivity index (χ4n) is 6.84. The van der Waals surface area contributed by atoms with Gasteiger partial charge < -0.3 is 0 Å². The molecule has 0 aliphatic carbocycles. The maximum absolute atomic E-state index is 5.22. The largest absolute Gasteiger partial charge is 0.245 e. The van der Waals surface area contributed by atoms with E-state index in [-0.39, 0.29) is 0 Å². The first-order valence-corrected chi connectivity index (χ1v) is 17.3. The van der Waals surface area contributed by atoms with Crippen molar-refractivity contribution in [2.24, 2.45) is 0 Å². The van der Waals surface area contributed by atoms with Gasteiger partial charge in [-0.1, -0.05) is 129 Å². The van der Waals surface area contributed by atoms with Crippen molar-refractivity contribution in [3.05, 3.63) is 157 Å². The van der Waals surface area contributed by atoms with Gasteiger partial charge in [0.1, 0.15) is 0 Å². The van der Waals surface area contributed by atoms with Crippen LogP contribution in [0.15, 0.2) is 146 Å². The number of fused-ring (bicyclic) bond motifs is 6. The van der Waals surface area contributed by atoms with E-state index in [2.05, 4.69) is 159 Å². The number of nitrogens with zero attached hydrogens (tertiary/aromatic N) is 4. The first kappa shape index (κ1) is 29.8. The zero-order valence-corrected chi connectivity index (χ0v) is 28.1. The van der Waals surface area contributed by atoms with Gasteiger partial charge in [0.05, 0.1) is 44.8 Å². The maximum atomic E-state index is 5.22. The summed E-state index contributed by atoms with van der Waals surface area (Å²) in [5.74, 6) is 0. The molecule has 4 heterocycles. The van der Waals surface area contributed by atoms with Crippen molar-refractivity contribution in [2.75, 3.05) is 0 Å². The highest BCUT2D eigenvalue weighted by atomic mass is 14.8. The molecular weight excluding hydrogens is 609 g/mol. The zero-order chi connectivity index (χ0) is 33.6. The lowest BCUT2D eigenvalue weighted by molar-refractivity contribution is 1.14. The van der Waals surface area contributed by atoms with E-state index >= 15 is 0 Å². The second-order valence-corrected chi connectivity index (χ2v) is 12.9.